The van der Waals surface area contributed by atoms with Crippen molar-refractivity contribution >= 4 is 17.2 Å². The van der Waals surface area contributed by atoms with Gasteiger partial charge in [-0.2, -0.15) is 5.10 Å². The van der Waals surface area contributed by atoms with Crippen LogP contribution in [0.3, 0.4) is 0 Å². The minimum atomic E-state index is 0.622. The Kier molecular flexibility index (Phi) is 2.29. The molecule has 74 valence electrons. The summed E-state index contributed by atoms with van der Waals surface area (Å²) in [6.45, 7) is 4.89. The lowest BCUT2D eigenvalue weighted by atomic mass is 10.3. The van der Waals surface area contributed by atoms with E-state index in [4.69, 9.17) is 5.73 Å². The van der Waals surface area contributed by atoms with E-state index >= 15 is 0 Å². The molecule has 0 unspecified atom stereocenters. The van der Waals surface area contributed by atoms with Gasteiger partial charge in [0.15, 0.2) is 0 Å². The minimum absolute atomic E-state index is 0.622. The molecule has 2 heterocycles. The molecule has 0 aliphatic heterocycles. The molecule has 3 nitrogen and oxygen atoms in total. The van der Waals surface area contributed by atoms with Crippen molar-refractivity contribution in [3.8, 4) is 0 Å². The van der Waals surface area contributed by atoms with Crippen molar-refractivity contribution < 1.29 is 0 Å². The van der Waals surface area contributed by atoms with Gasteiger partial charge in [0.25, 0.3) is 0 Å². The number of aromatic nitrogens is 2. The maximum Gasteiger partial charge on any atom is 0.148 e. The van der Waals surface area contributed by atoms with Gasteiger partial charge in [0.05, 0.1) is 6.54 Å². The van der Waals surface area contributed by atoms with E-state index in [2.05, 4.69) is 23.5 Å². The molecule has 0 saturated heterocycles. The number of hydrogen-bond donors (Lipinski definition) is 1. The Morgan fingerprint density at radius 2 is 2.29 bits per heavy atom. The predicted molar refractivity (Wildman–Crippen MR) is 59.5 cm³/mol. The monoisotopic (exact) mass is 207 g/mol. The molecule has 2 aromatic heterocycles. The van der Waals surface area contributed by atoms with Crippen LogP contribution in [-0.4, -0.2) is 9.78 Å². The van der Waals surface area contributed by atoms with Crippen molar-refractivity contribution in [3.05, 3.63) is 33.6 Å². The summed E-state index contributed by atoms with van der Waals surface area (Å²) in [5, 5.41) is 6.37. The highest BCUT2D eigenvalue weighted by Gasteiger charge is 2.02. The molecule has 4 heteroatoms. The third-order valence-corrected chi connectivity index (χ3v) is 3.02. The minimum Gasteiger partial charge on any atom is -0.382 e. The van der Waals surface area contributed by atoms with E-state index in [0.717, 1.165) is 12.1 Å². The van der Waals surface area contributed by atoms with Crippen LogP contribution in [0.2, 0.25) is 0 Å². The Morgan fingerprint density at radius 1 is 1.50 bits per heavy atom. The fraction of sp³-hybridized carbons (Fsp3) is 0.300. The summed E-state index contributed by atoms with van der Waals surface area (Å²) in [6, 6.07) is 2.18. The highest BCUT2D eigenvalue weighted by Crippen LogP contribution is 2.15. The molecule has 0 aliphatic carbocycles. The van der Waals surface area contributed by atoms with E-state index < -0.39 is 0 Å². The van der Waals surface area contributed by atoms with E-state index in [1.165, 1.54) is 10.4 Å². The number of nitrogen functional groups attached to an aromatic ring is 1. The lowest BCUT2D eigenvalue weighted by Gasteiger charge is -1.96. The van der Waals surface area contributed by atoms with E-state index in [-0.39, 0.29) is 0 Å². The van der Waals surface area contributed by atoms with Gasteiger partial charge < -0.3 is 5.73 Å². The maximum atomic E-state index is 5.67. The molecule has 0 bridgehead atoms. The average Bonchev–Trinajstić information content (AvgIpc) is 2.62. The normalized spacial score (nSPS) is 10.7. The van der Waals surface area contributed by atoms with E-state index in [1.807, 2.05) is 17.8 Å². The van der Waals surface area contributed by atoms with E-state index in [9.17, 15) is 0 Å². The van der Waals surface area contributed by atoms with Gasteiger partial charge in [-0.15, -0.1) is 11.3 Å². The number of rotatable bonds is 2. The summed E-state index contributed by atoms with van der Waals surface area (Å²) in [5.41, 5.74) is 8.00. The number of anilines is 1. The molecule has 0 aliphatic rings. The second kappa shape index (κ2) is 3.46. The number of nitrogens with two attached hydrogens (primary N) is 1. The van der Waals surface area contributed by atoms with Crippen LogP contribution < -0.4 is 5.73 Å². The van der Waals surface area contributed by atoms with Crippen LogP contribution in [0, 0.1) is 13.8 Å². The van der Waals surface area contributed by atoms with Crippen molar-refractivity contribution in [3.63, 3.8) is 0 Å². The van der Waals surface area contributed by atoms with Crippen LogP contribution in [0.4, 0.5) is 5.82 Å². The predicted octanol–water partition coefficient (Wildman–Crippen LogP) is 2.19. The first kappa shape index (κ1) is 9.27. The molecular formula is C10H13N3S. The number of aryl methyl sites for hydroxylation is 2. The fourth-order valence-electron chi connectivity index (χ4n) is 1.38. The summed E-state index contributed by atoms with van der Waals surface area (Å²) >= 11 is 1.76. The summed E-state index contributed by atoms with van der Waals surface area (Å²) in [4.78, 5) is 1.33. The third-order valence-electron chi connectivity index (χ3n) is 2.11. The second-order valence-corrected chi connectivity index (χ2v) is 4.58. The third kappa shape index (κ3) is 1.80. The summed E-state index contributed by atoms with van der Waals surface area (Å²) < 4.78 is 1.88. The quantitative estimate of drug-likeness (QED) is 0.820. The zero-order chi connectivity index (χ0) is 10.1. The number of hydrogen-bond acceptors (Lipinski definition) is 3. The first-order valence-electron chi connectivity index (χ1n) is 4.48. The topological polar surface area (TPSA) is 43.8 Å². The Morgan fingerprint density at radius 3 is 2.79 bits per heavy atom. The van der Waals surface area contributed by atoms with Gasteiger partial charge in [-0.3, -0.25) is 4.68 Å². The Hall–Kier alpha value is -1.29. The molecule has 2 N–H and O–H groups in total. The van der Waals surface area contributed by atoms with Crippen LogP contribution in [0.25, 0.3) is 0 Å². The fourth-order valence-corrected chi connectivity index (χ4v) is 2.08. The second-order valence-electron chi connectivity index (χ2n) is 3.46. The van der Waals surface area contributed by atoms with E-state index in [1.54, 1.807) is 11.3 Å². The smallest absolute Gasteiger partial charge is 0.148 e. The lowest BCUT2D eigenvalue weighted by Crippen LogP contribution is -1.99. The van der Waals surface area contributed by atoms with Gasteiger partial charge in [-0.1, -0.05) is 0 Å². The van der Waals surface area contributed by atoms with Crippen LogP contribution in [0.5, 0.6) is 0 Å². The molecule has 0 amide bonds. The van der Waals surface area contributed by atoms with Gasteiger partial charge in [0, 0.05) is 16.6 Å². The average molecular weight is 207 g/mol. The summed E-state index contributed by atoms with van der Waals surface area (Å²) in [7, 11) is 0. The maximum absolute atomic E-state index is 5.67. The molecule has 0 radical (unpaired) electrons. The molecule has 2 rings (SSSR count). The number of nitrogens with zero attached hydrogens (tertiary/aromatic N) is 2. The van der Waals surface area contributed by atoms with Gasteiger partial charge in [0.2, 0.25) is 0 Å². The molecule has 14 heavy (non-hydrogen) atoms. The first-order valence-corrected chi connectivity index (χ1v) is 5.36. The van der Waals surface area contributed by atoms with E-state index in [0.29, 0.717) is 5.82 Å². The largest absolute Gasteiger partial charge is 0.382 e. The Bertz CT molecular complexity index is 422. The molecule has 0 aromatic carbocycles. The van der Waals surface area contributed by atoms with Crippen molar-refractivity contribution in [1.29, 1.82) is 0 Å². The Balaban J connectivity index is 2.18. The standard InChI is InChI=1S/C10H13N3S/c1-7-4-13(12-10(7)11)5-9-3-8(2)14-6-9/h3-4,6H,5H2,1-2H3,(H2,11,12). The van der Waals surface area contributed by atoms with Gasteiger partial charge >= 0.3 is 0 Å². The van der Waals surface area contributed by atoms with Crippen molar-refractivity contribution in [2.45, 2.75) is 20.4 Å². The molecular weight excluding hydrogens is 194 g/mol. The van der Waals surface area contributed by atoms with Crippen LogP contribution in [0.1, 0.15) is 16.0 Å². The molecule has 0 spiro atoms. The first-order chi connectivity index (χ1) is 6.65. The van der Waals surface area contributed by atoms with Crippen molar-refractivity contribution in [2.75, 3.05) is 5.73 Å². The lowest BCUT2D eigenvalue weighted by molar-refractivity contribution is 0.691. The molecule has 0 atom stereocenters. The number of thiophene rings is 1. The van der Waals surface area contributed by atoms with Crippen LogP contribution >= 0.6 is 11.3 Å². The zero-order valence-electron chi connectivity index (χ0n) is 8.32. The SMILES string of the molecule is Cc1cc(Cn2cc(C)c(N)n2)cs1. The Labute approximate surface area is 87.2 Å². The van der Waals surface area contributed by atoms with Gasteiger partial charge in [-0.25, -0.2) is 0 Å². The zero-order valence-corrected chi connectivity index (χ0v) is 9.14. The molecule has 0 saturated carbocycles. The summed E-state index contributed by atoms with van der Waals surface area (Å²) in [5.74, 6) is 0.622. The van der Waals surface area contributed by atoms with Crippen molar-refractivity contribution in [2.24, 2.45) is 0 Å². The summed E-state index contributed by atoms with van der Waals surface area (Å²) in [6.07, 6.45) is 1.97. The van der Waals surface area contributed by atoms with Crippen LogP contribution in [-0.2, 0) is 6.54 Å². The van der Waals surface area contributed by atoms with Crippen molar-refractivity contribution in [1.82, 2.24) is 9.78 Å². The highest BCUT2D eigenvalue weighted by molar-refractivity contribution is 7.10. The molecule has 0 fully saturated rings. The highest BCUT2D eigenvalue weighted by atomic mass is 32.1. The van der Waals surface area contributed by atoms with Gasteiger partial charge in [0.1, 0.15) is 5.82 Å². The van der Waals surface area contributed by atoms with Crippen LogP contribution in [0.15, 0.2) is 17.6 Å². The molecule has 2 aromatic rings. The van der Waals surface area contributed by atoms with Gasteiger partial charge in [-0.05, 0) is 30.9 Å².